The van der Waals surface area contributed by atoms with Crippen molar-refractivity contribution in [1.29, 1.82) is 0 Å². The van der Waals surface area contributed by atoms with Crippen LogP contribution in [0.5, 0.6) is 0 Å². The van der Waals surface area contributed by atoms with Gasteiger partial charge in [0.15, 0.2) is 0 Å². The maximum Gasteiger partial charge on any atom is 2.00 e. The summed E-state index contributed by atoms with van der Waals surface area (Å²) in [5.74, 6) is 0. The van der Waals surface area contributed by atoms with Crippen molar-refractivity contribution in [2.75, 3.05) is 0 Å². The van der Waals surface area contributed by atoms with Crippen molar-refractivity contribution in [1.82, 2.24) is 0 Å². The van der Waals surface area contributed by atoms with Crippen LogP contribution < -0.4 is 11.3 Å². The molecule has 0 unspecified atom stereocenters. The molecule has 0 amide bonds. The van der Waals surface area contributed by atoms with Crippen molar-refractivity contribution in [2.24, 2.45) is 0 Å². The van der Waals surface area contributed by atoms with E-state index in [1.807, 2.05) is 0 Å². The van der Waals surface area contributed by atoms with Gasteiger partial charge in [-0.1, -0.05) is 0 Å². The van der Waals surface area contributed by atoms with E-state index < -0.39 is 209 Å². The number of rotatable bonds is 24. The molecule has 0 aliphatic carbocycles. The Hall–Kier alpha value is 4.97. The molecule has 0 saturated heterocycles. The van der Waals surface area contributed by atoms with Gasteiger partial charge in [0.1, 0.15) is 0 Å². The predicted octanol–water partition coefficient (Wildman–Crippen LogP) is -6.91. The van der Waals surface area contributed by atoms with Gasteiger partial charge in [-0.2, -0.15) is 0 Å². The summed E-state index contributed by atoms with van der Waals surface area (Å²) < 4.78 is 351. The van der Waals surface area contributed by atoms with Crippen LogP contribution in [0.1, 0.15) is 0 Å². The molecule has 0 atom stereocenters. The quantitative estimate of drug-likeness (QED) is 0.0640. The summed E-state index contributed by atoms with van der Waals surface area (Å²) in [5.41, 5.74) is 0. The molecule has 0 fully saturated rings. The third-order valence-corrected chi connectivity index (χ3v) is 62.2. The van der Waals surface area contributed by atoms with Crippen LogP contribution in [0, 0.1) is 0 Å². The molecule has 0 aliphatic heterocycles. The van der Waals surface area contributed by atoms with Crippen LogP contribution in [0.15, 0.2) is 0 Å². The van der Waals surface area contributed by atoms with Crippen LogP contribution in [0.4, 0.5) is 0 Å². The normalized spacial score (nSPS) is 15.0. The van der Waals surface area contributed by atoms with E-state index in [-0.39, 0.29) is 57.2 Å². The maximum absolute atomic E-state index is 12.7. The second kappa shape index (κ2) is 22.0. The third-order valence-electron chi connectivity index (χ3n) is 2.05. The molecule has 0 rings (SSSR count). The Morgan fingerprint density at radius 2 is 0.400 bits per heavy atom. The largest absolute Gasteiger partial charge is 2.00 e. The minimum Gasteiger partial charge on any atom is 2.00 e. The summed E-state index contributed by atoms with van der Waals surface area (Å²) in [6.07, 6.45) is 0. The first-order chi connectivity index (χ1) is 22.5. The maximum atomic E-state index is 12.7. The molecule has 0 radical (unpaired) electrons. The van der Waals surface area contributed by atoms with Crippen molar-refractivity contribution < 1.29 is 346 Å². The SMILES string of the molecule is O=P([O][Mo](=[O])(=[O])[O][Mo](=[O])(=[O])[O][Mo](=[O])(=[O])[O][Mo](=[O])(=[O])[O-])([O][Mo](=[O])(=[O])[O][Mo](=[O])(=[O])[O][Mo](=[O])(=[O])[O][Mo](=[O])(=[O])[O-])[O][Mo](=[O])(=[O])[O][Mo](=[O])(=[O])[O][Mo](=[O])(=[O])[O][Mo](=[O])(=[O])[O-].[Ca+2].[Zn+2]. The van der Waals surface area contributed by atoms with Crippen molar-refractivity contribution in [2.45, 2.75) is 0 Å². The van der Waals surface area contributed by atoms with Gasteiger partial charge in [-0.05, 0) is 0 Å². The second-order valence-corrected chi connectivity index (χ2v) is 55.7. The summed E-state index contributed by atoms with van der Waals surface area (Å²) in [6.45, 7) is 0. The Kier molecular flexibility index (Phi) is 25.7. The minimum atomic E-state index is -8.82. The van der Waals surface area contributed by atoms with Gasteiger partial charge >= 0.3 is 391 Å². The smallest absolute Gasteiger partial charge is 2.00 e. The summed E-state index contributed by atoms with van der Waals surface area (Å²) in [5, 5.41) is 0. The van der Waals surface area contributed by atoms with Crippen LogP contribution in [0.25, 0.3) is 0 Å². The molecule has 0 N–H and O–H groups in total. The third kappa shape index (κ3) is 32.3. The van der Waals surface area contributed by atoms with E-state index in [1.54, 1.807) is 0 Å². The Labute approximate surface area is 382 Å². The Balaban J connectivity index is -0.0000135. The van der Waals surface area contributed by atoms with E-state index in [9.17, 15) is 97.4 Å². The van der Waals surface area contributed by atoms with Gasteiger partial charge in [0, 0.05) is 0 Å². The summed E-state index contributed by atoms with van der Waals surface area (Å²) in [6, 6.07) is 0. The molecule has 0 spiro atoms. The molecule has 40 nitrogen and oxygen atoms in total. The molecule has 0 aromatic rings. The van der Waals surface area contributed by atoms with Gasteiger partial charge in [0.05, 0.1) is 0 Å². The molecule has 55 heavy (non-hydrogen) atoms. The van der Waals surface area contributed by atoms with Crippen LogP contribution in [-0.2, 0) is 334 Å². The first kappa shape index (κ1) is 64.3. The van der Waals surface area contributed by atoms with Crippen LogP contribution in [0.2, 0.25) is 0 Å². The fourth-order valence-electron chi connectivity index (χ4n) is 1.40. The topological polar surface area (TPSA) is 607 Å². The fourth-order valence-corrected chi connectivity index (χ4v) is 60.0. The predicted molar refractivity (Wildman–Crippen MR) is 42.9 cm³/mol. The van der Waals surface area contributed by atoms with Gasteiger partial charge < -0.3 is 0 Å². The molecule has 0 aromatic carbocycles. The average Bonchev–Trinajstić information content (AvgIpc) is 2.58. The number of hydrogen-bond donors (Lipinski definition) is 0. The van der Waals surface area contributed by atoms with Gasteiger partial charge in [-0.25, -0.2) is 0 Å². The average molecular weight is 1930 g/mol. The first-order valence-corrected chi connectivity index (χ1v) is 49.5. The van der Waals surface area contributed by atoms with Crippen molar-refractivity contribution in [3.05, 3.63) is 0 Å². The fraction of sp³-hybridized carbons (Fsp3) is 0. The van der Waals surface area contributed by atoms with E-state index in [1.165, 1.54) is 0 Å². The summed E-state index contributed by atoms with van der Waals surface area (Å²) >= 11 is -98.5. The molecule has 0 aliphatic rings. The molecule has 55 heteroatoms. The number of phosphoric acid groups is 1. The van der Waals surface area contributed by atoms with Crippen LogP contribution in [-0.4, -0.2) is 37.7 Å². The van der Waals surface area contributed by atoms with Crippen LogP contribution in [0.3, 0.4) is 0 Å². The van der Waals surface area contributed by atoms with Gasteiger partial charge in [-0.15, -0.1) is 0 Å². The van der Waals surface area contributed by atoms with E-state index in [4.69, 9.17) is 0 Å². The standard InChI is InChI=1S/Ca.12Mo.H3O4P.36O.Zn/c;;;;;;;;;;;;;1-5(2,3)4;;;;;;;;;;;;;;;;;;;;;;;;;;;;;;;;;;;;;/h;;;;;;;;;;;;;(H3,1,2,3,4);;;;;;;;;;;;;;;;;;;;;;;;;;;;;;;;;;;;;/q+2;;;;;;;;;;3*+1;;;;;;;;;;;;;;;;;;;;;;;;;;;;;;;;;;;3*-1;+2/p-3. The monoisotopic (exact) mass is 1950 g/mol. The molecule has 0 heterocycles. The Bertz CT molecular complexity index is 2520. The summed E-state index contributed by atoms with van der Waals surface area (Å²) in [7, 11) is -7.94. The zero-order valence-electron chi connectivity index (χ0n) is 23.1. The molecular formula is CaMo12O40PZn+. The minimum absolute atomic E-state index is 0. The zero-order valence-corrected chi connectivity index (χ0v) is 53.2. The van der Waals surface area contributed by atoms with Crippen LogP contribution >= 0.6 is 7.82 Å². The Morgan fingerprint density at radius 3 is 0.545 bits per heavy atom. The van der Waals surface area contributed by atoms with Crippen molar-refractivity contribution in [3.63, 3.8) is 0 Å². The molecule has 0 bridgehead atoms. The summed E-state index contributed by atoms with van der Waals surface area (Å²) in [4.78, 5) is 0. The number of hydrogen-bond acceptors (Lipinski definition) is 40. The van der Waals surface area contributed by atoms with Gasteiger partial charge in [0.25, 0.3) is 0 Å². The molecule has 0 aromatic heterocycles. The second-order valence-electron chi connectivity index (χ2n) is 6.18. The Morgan fingerprint density at radius 1 is 0.273 bits per heavy atom. The van der Waals surface area contributed by atoms with E-state index >= 15 is 0 Å². The molecule has 0 saturated carbocycles. The van der Waals surface area contributed by atoms with E-state index in [0.29, 0.717) is 0 Å². The van der Waals surface area contributed by atoms with E-state index in [2.05, 4.69) is 27.9 Å². The van der Waals surface area contributed by atoms with Gasteiger partial charge in [-0.3, -0.25) is 0 Å². The molecular weight excluding hydrogens is 1930 g/mol. The first-order valence-electron chi connectivity index (χ1n) is 8.73. The van der Waals surface area contributed by atoms with Crippen molar-refractivity contribution >= 4 is 45.6 Å². The zero-order chi connectivity index (χ0) is 43.0. The van der Waals surface area contributed by atoms with Crippen molar-refractivity contribution in [3.8, 4) is 0 Å². The van der Waals surface area contributed by atoms with E-state index in [0.717, 1.165) is 0 Å². The van der Waals surface area contributed by atoms with Gasteiger partial charge in [0.2, 0.25) is 0 Å². The molecule has 320 valence electrons.